The lowest BCUT2D eigenvalue weighted by Crippen LogP contribution is -2.29. The summed E-state index contributed by atoms with van der Waals surface area (Å²) < 4.78 is 1.17. The van der Waals surface area contributed by atoms with Gasteiger partial charge in [0.25, 0.3) is 0 Å². The summed E-state index contributed by atoms with van der Waals surface area (Å²) in [5.41, 5.74) is 8.35. The smallest absolute Gasteiger partial charge is 0.181 e. The maximum atomic E-state index is 5.72. The first-order valence-electron chi connectivity index (χ1n) is 6.72. The molecule has 19 heavy (non-hydrogen) atoms. The number of thiazole rings is 1. The van der Waals surface area contributed by atoms with Gasteiger partial charge in [-0.2, -0.15) is 0 Å². The quantitative estimate of drug-likeness (QED) is 0.897. The van der Waals surface area contributed by atoms with Gasteiger partial charge in [0.05, 0.1) is 10.2 Å². The lowest BCUT2D eigenvalue weighted by atomic mass is 9.82. The van der Waals surface area contributed by atoms with Crippen molar-refractivity contribution in [3.05, 3.63) is 23.8 Å². The molecule has 1 atom stereocenters. The molecule has 2 rings (SSSR count). The number of rotatable bonds is 4. The molecule has 1 heterocycles. The molecule has 3 nitrogen and oxygen atoms in total. The average molecular weight is 277 g/mol. The third-order valence-corrected chi connectivity index (χ3v) is 4.57. The van der Waals surface area contributed by atoms with Gasteiger partial charge in [0, 0.05) is 6.54 Å². The Labute approximate surface area is 119 Å². The van der Waals surface area contributed by atoms with Gasteiger partial charge in [0.2, 0.25) is 0 Å². The molecule has 1 aromatic heterocycles. The van der Waals surface area contributed by atoms with Crippen molar-refractivity contribution in [1.82, 2.24) is 10.3 Å². The minimum Gasteiger partial charge on any atom is -0.375 e. The molecular formula is C15H23N3S. The molecule has 0 bridgehead atoms. The Morgan fingerprint density at radius 1 is 1.37 bits per heavy atom. The maximum Gasteiger partial charge on any atom is 0.181 e. The maximum absolute atomic E-state index is 5.72. The number of nitrogens with two attached hydrogens (primary N) is 1. The highest BCUT2D eigenvalue weighted by Gasteiger charge is 2.19. The van der Waals surface area contributed by atoms with Gasteiger partial charge in [-0.1, -0.05) is 45.1 Å². The summed E-state index contributed by atoms with van der Waals surface area (Å²) >= 11 is 1.55. The molecule has 0 aliphatic heterocycles. The van der Waals surface area contributed by atoms with Gasteiger partial charge >= 0.3 is 0 Å². The van der Waals surface area contributed by atoms with E-state index in [-0.39, 0.29) is 0 Å². The van der Waals surface area contributed by atoms with E-state index >= 15 is 0 Å². The normalized spacial score (nSPS) is 13.9. The number of nitrogen functional groups attached to an aromatic ring is 1. The van der Waals surface area contributed by atoms with Crippen molar-refractivity contribution in [2.24, 2.45) is 11.3 Å². The van der Waals surface area contributed by atoms with Crippen molar-refractivity contribution >= 4 is 26.7 Å². The molecular weight excluding hydrogens is 254 g/mol. The topological polar surface area (TPSA) is 50.9 Å². The van der Waals surface area contributed by atoms with E-state index < -0.39 is 0 Å². The minimum atomic E-state index is 0.350. The van der Waals surface area contributed by atoms with Crippen molar-refractivity contribution in [3.63, 3.8) is 0 Å². The molecule has 1 aromatic carbocycles. The van der Waals surface area contributed by atoms with Gasteiger partial charge in [-0.25, -0.2) is 4.98 Å². The molecule has 0 amide bonds. The molecule has 3 N–H and O–H groups in total. The van der Waals surface area contributed by atoms with Crippen molar-refractivity contribution in [1.29, 1.82) is 0 Å². The summed E-state index contributed by atoms with van der Waals surface area (Å²) in [6.07, 6.45) is 0. The van der Waals surface area contributed by atoms with Crippen LogP contribution in [0.25, 0.3) is 10.2 Å². The molecule has 0 spiro atoms. The van der Waals surface area contributed by atoms with Gasteiger partial charge in [-0.15, -0.1) is 0 Å². The van der Waals surface area contributed by atoms with Crippen LogP contribution in [0.4, 0.5) is 5.13 Å². The number of nitrogens with one attached hydrogen (secondary N) is 1. The highest BCUT2D eigenvalue weighted by Crippen LogP contribution is 2.26. The zero-order chi connectivity index (χ0) is 14.0. The standard InChI is InChI=1S/C15H23N3S/c1-10(15(2,3)4)8-17-9-11-5-6-12-13(7-11)19-14(16)18-12/h5-7,10,17H,8-9H2,1-4H3,(H2,16,18). The van der Waals surface area contributed by atoms with E-state index in [1.807, 2.05) is 6.07 Å². The number of nitrogens with zero attached hydrogens (tertiary/aromatic N) is 1. The highest BCUT2D eigenvalue weighted by molar-refractivity contribution is 7.22. The monoisotopic (exact) mass is 277 g/mol. The zero-order valence-electron chi connectivity index (χ0n) is 12.2. The summed E-state index contributed by atoms with van der Waals surface area (Å²) in [5, 5.41) is 4.17. The van der Waals surface area contributed by atoms with Crippen LogP contribution >= 0.6 is 11.3 Å². The van der Waals surface area contributed by atoms with Gasteiger partial charge in [0.1, 0.15) is 0 Å². The van der Waals surface area contributed by atoms with E-state index in [2.05, 4.69) is 50.1 Å². The zero-order valence-corrected chi connectivity index (χ0v) is 13.0. The highest BCUT2D eigenvalue weighted by atomic mass is 32.1. The van der Waals surface area contributed by atoms with Gasteiger partial charge in [-0.05, 0) is 35.6 Å². The molecule has 1 unspecified atom stereocenters. The fourth-order valence-electron chi connectivity index (χ4n) is 1.84. The van der Waals surface area contributed by atoms with E-state index in [0.29, 0.717) is 16.5 Å². The number of hydrogen-bond acceptors (Lipinski definition) is 4. The lowest BCUT2D eigenvalue weighted by molar-refractivity contribution is 0.252. The van der Waals surface area contributed by atoms with E-state index in [1.54, 1.807) is 11.3 Å². The van der Waals surface area contributed by atoms with Crippen LogP contribution in [-0.4, -0.2) is 11.5 Å². The van der Waals surface area contributed by atoms with Crippen LogP contribution in [0.3, 0.4) is 0 Å². The summed E-state index contributed by atoms with van der Waals surface area (Å²) in [4.78, 5) is 4.27. The molecule has 0 aliphatic carbocycles. The fraction of sp³-hybridized carbons (Fsp3) is 0.533. The first-order valence-corrected chi connectivity index (χ1v) is 7.53. The molecule has 104 valence electrons. The van der Waals surface area contributed by atoms with Gasteiger partial charge in [-0.3, -0.25) is 0 Å². The van der Waals surface area contributed by atoms with E-state index in [9.17, 15) is 0 Å². The minimum absolute atomic E-state index is 0.350. The van der Waals surface area contributed by atoms with Crippen molar-refractivity contribution in [2.75, 3.05) is 12.3 Å². The molecule has 0 fully saturated rings. The molecule has 0 radical (unpaired) electrons. The van der Waals surface area contributed by atoms with Crippen LogP contribution in [-0.2, 0) is 6.54 Å². The van der Waals surface area contributed by atoms with Crippen LogP contribution in [0, 0.1) is 11.3 Å². The van der Waals surface area contributed by atoms with Crippen LogP contribution in [0.2, 0.25) is 0 Å². The second-order valence-electron chi connectivity index (χ2n) is 6.25. The second kappa shape index (κ2) is 5.47. The van der Waals surface area contributed by atoms with E-state index in [1.165, 1.54) is 10.3 Å². The molecule has 0 saturated carbocycles. The van der Waals surface area contributed by atoms with Crippen molar-refractivity contribution < 1.29 is 0 Å². The van der Waals surface area contributed by atoms with Gasteiger partial charge < -0.3 is 11.1 Å². The second-order valence-corrected chi connectivity index (χ2v) is 7.31. The number of aromatic nitrogens is 1. The number of benzene rings is 1. The van der Waals surface area contributed by atoms with Crippen LogP contribution in [0.1, 0.15) is 33.3 Å². The Balaban J connectivity index is 1.94. The predicted octanol–water partition coefficient (Wildman–Crippen LogP) is 3.65. The Morgan fingerprint density at radius 3 is 2.79 bits per heavy atom. The molecule has 4 heteroatoms. The first kappa shape index (κ1) is 14.3. The number of anilines is 1. The van der Waals surface area contributed by atoms with Crippen molar-refractivity contribution in [3.8, 4) is 0 Å². The number of fused-ring (bicyclic) bond motifs is 1. The Kier molecular flexibility index (Phi) is 4.11. The van der Waals surface area contributed by atoms with E-state index in [0.717, 1.165) is 18.6 Å². The third-order valence-electron chi connectivity index (χ3n) is 3.73. The summed E-state index contributed by atoms with van der Waals surface area (Å²) in [7, 11) is 0. The third kappa shape index (κ3) is 3.67. The SMILES string of the molecule is CC(CNCc1ccc2nc(N)sc2c1)C(C)(C)C. The van der Waals surface area contributed by atoms with Gasteiger partial charge in [0.15, 0.2) is 5.13 Å². The Hall–Kier alpha value is -1.13. The van der Waals surface area contributed by atoms with Crippen LogP contribution in [0.15, 0.2) is 18.2 Å². The summed E-state index contributed by atoms with van der Waals surface area (Å²) in [6, 6.07) is 6.35. The predicted molar refractivity (Wildman–Crippen MR) is 84.4 cm³/mol. The van der Waals surface area contributed by atoms with Crippen LogP contribution in [0.5, 0.6) is 0 Å². The van der Waals surface area contributed by atoms with Crippen LogP contribution < -0.4 is 11.1 Å². The molecule has 0 aliphatic rings. The Morgan fingerprint density at radius 2 is 2.11 bits per heavy atom. The fourth-order valence-corrected chi connectivity index (χ4v) is 2.63. The first-order chi connectivity index (χ1) is 8.86. The number of hydrogen-bond donors (Lipinski definition) is 2. The summed E-state index contributed by atoms with van der Waals surface area (Å²) in [6.45, 7) is 11.1. The Bertz CT molecular complexity index is 554. The average Bonchev–Trinajstić information content (AvgIpc) is 2.67. The summed E-state index contributed by atoms with van der Waals surface area (Å²) in [5.74, 6) is 0.648. The van der Waals surface area contributed by atoms with Crippen molar-refractivity contribution in [2.45, 2.75) is 34.2 Å². The molecule has 2 aromatic rings. The molecule has 0 saturated heterocycles. The largest absolute Gasteiger partial charge is 0.375 e. The lowest BCUT2D eigenvalue weighted by Gasteiger charge is -2.27. The van der Waals surface area contributed by atoms with E-state index in [4.69, 9.17) is 5.73 Å².